The molecule has 6 nitrogen and oxygen atoms in total. The lowest BCUT2D eigenvalue weighted by atomic mass is 10.2. The molecule has 0 saturated carbocycles. The maximum atomic E-state index is 12.6. The minimum Gasteiger partial charge on any atom is -0.497 e. The Morgan fingerprint density at radius 1 is 1.15 bits per heavy atom. The van der Waals surface area contributed by atoms with E-state index in [1.807, 2.05) is 0 Å². The summed E-state index contributed by atoms with van der Waals surface area (Å²) >= 11 is 6.55. The molecule has 1 aliphatic rings. The Morgan fingerprint density at radius 3 is 2.41 bits per heavy atom. The molecule has 0 radical (unpaired) electrons. The van der Waals surface area contributed by atoms with Gasteiger partial charge in [0.1, 0.15) is 5.75 Å². The molecule has 2 aromatic carbocycles. The van der Waals surface area contributed by atoms with Crippen molar-refractivity contribution in [1.29, 1.82) is 0 Å². The van der Waals surface area contributed by atoms with Gasteiger partial charge in [-0.2, -0.15) is 0 Å². The number of benzene rings is 2. The molecule has 0 unspecified atom stereocenters. The summed E-state index contributed by atoms with van der Waals surface area (Å²) in [5.74, 6) is 0.509. The van der Waals surface area contributed by atoms with Gasteiger partial charge in [-0.15, -0.1) is 0 Å². The monoisotopic (exact) mass is 398 g/mol. The van der Waals surface area contributed by atoms with Crippen LogP contribution in [0.5, 0.6) is 5.75 Å². The highest BCUT2D eigenvalue weighted by molar-refractivity contribution is 8.27. The van der Waals surface area contributed by atoms with Gasteiger partial charge < -0.3 is 4.74 Å². The molecule has 136 valence electrons. The topological polar surface area (TPSA) is 72.7 Å². The zero-order valence-corrected chi connectivity index (χ0v) is 15.8. The molecule has 1 heterocycles. The SMILES string of the molecule is COc1ccc(N2C(=O)C(=CC=Cc3ccc([N+](=O)[O-])cc3)SC2=S)cc1. The van der Waals surface area contributed by atoms with E-state index < -0.39 is 4.92 Å². The van der Waals surface area contributed by atoms with E-state index in [4.69, 9.17) is 17.0 Å². The van der Waals surface area contributed by atoms with Crippen LogP contribution in [-0.2, 0) is 4.79 Å². The van der Waals surface area contributed by atoms with Gasteiger partial charge in [0.2, 0.25) is 0 Å². The number of ether oxygens (including phenoxy) is 1. The summed E-state index contributed by atoms with van der Waals surface area (Å²) in [6.45, 7) is 0. The Labute approximate surface area is 165 Å². The molecule has 0 aliphatic carbocycles. The van der Waals surface area contributed by atoms with Crippen molar-refractivity contribution in [3.63, 3.8) is 0 Å². The second kappa shape index (κ2) is 8.15. The zero-order chi connectivity index (χ0) is 19.4. The number of amides is 1. The largest absolute Gasteiger partial charge is 0.497 e. The van der Waals surface area contributed by atoms with E-state index in [2.05, 4.69) is 0 Å². The normalized spacial score (nSPS) is 15.7. The maximum absolute atomic E-state index is 12.6. The van der Waals surface area contributed by atoms with Gasteiger partial charge in [0.15, 0.2) is 4.32 Å². The molecule has 0 spiro atoms. The fraction of sp³-hybridized carbons (Fsp3) is 0.0526. The van der Waals surface area contributed by atoms with Crippen molar-refractivity contribution in [2.75, 3.05) is 12.0 Å². The Morgan fingerprint density at radius 2 is 1.81 bits per heavy atom. The van der Waals surface area contributed by atoms with Crippen LogP contribution in [0.25, 0.3) is 6.08 Å². The van der Waals surface area contributed by atoms with Crippen LogP contribution in [0, 0.1) is 10.1 Å². The number of thioether (sulfide) groups is 1. The Balaban J connectivity index is 1.74. The van der Waals surface area contributed by atoms with E-state index in [0.717, 1.165) is 5.56 Å². The summed E-state index contributed by atoms with van der Waals surface area (Å²) in [6.07, 6.45) is 5.18. The lowest BCUT2D eigenvalue weighted by Crippen LogP contribution is -2.27. The van der Waals surface area contributed by atoms with Crippen LogP contribution >= 0.6 is 24.0 Å². The van der Waals surface area contributed by atoms with E-state index in [-0.39, 0.29) is 11.6 Å². The molecule has 1 saturated heterocycles. The van der Waals surface area contributed by atoms with Crippen LogP contribution in [0.2, 0.25) is 0 Å². The van der Waals surface area contributed by atoms with Crippen LogP contribution in [-0.4, -0.2) is 22.3 Å². The van der Waals surface area contributed by atoms with Crippen LogP contribution in [0.1, 0.15) is 5.56 Å². The van der Waals surface area contributed by atoms with E-state index >= 15 is 0 Å². The molecule has 0 N–H and O–H groups in total. The molecule has 0 bridgehead atoms. The summed E-state index contributed by atoms with van der Waals surface area (Å²) in [7, 11) is 1.58. The van der Waals surface area contributed by atoms with Gasteiger partial charge in [-0.05, 0) is 48.0 Å². The number of non-ortho nitro benzene ring substituents is 1. The quantitative estimate of drug-likeness (QED) is 0.318. The first-order valence-electron chi connectivity index (χ1n) is 7.83. The minimum atomic E-state index is -0.446. The van der Waals surface area contributed by atoms with Crippen molar-refractivity contribution in [3.05, 3.63) is 81.3 Å². The van der Waals surface area contributed by atoms with Gasteiger partial charge in [0.05, 0.1) is 22.6 Å². The Bertz CT molecular complexity index is 951. The molecule has 2 aromatic rings. The molecule has 8 heteroatoms. The molecular formula is C19H14N2O4S2. The molecular weight excluding hydrogens is 384 g/mol. The van der Waals surface area contributed by atoms with E-state index in [1.54, 1.807) is 61.7 Å². The van der Waals surface area contributed by atoms with Gasteiger partial charge in [-0.1, -0.05) is 36.1 Å². The molecule has 1 aliphatic heterocycles. The first-order valence-corrected chi connectivity index (χ1v) is 9.05. The lowest BCUT2D eigenvalue weighted by Gasteiger charge is -2.14. The van der Waals surface area contributed by atoms with Gasteiger partial charge in [-0.25, -0.2) is 0 Å². The summed E-state index contributed by atoms with van der Waals surface area (Å²) in [6, 6.07) is 13.2. The average Bonchev–Trinajstić information content (AvgIpc) is 2.96. The van der Waals surface area contributed by atoms with Crippen molar-refractivity contribution in [3.8, 4) is 5.75 Å². The van der Waals surface area contributed by atoms with Crippen molar-refractivity contribution in [2.24, 2.45) is 0 Å². The van der Waals surface area contributed by atoms with E-state index in [1.165, 1.54) is 28.8 Å². The maximum Gasteiger partial charge on any atom is 0.270 e. The van der Waals surface area contributed by atoms with Gasteiger partial charge in [0.25, 0.3) is 11.6 Å². The standard InChI is InChI=1S/C19H14N2O4S2/c1-25-16-11-9-14(10-12-16)20-18(22)17(27-19(20)26)4-2-3-13-5-7-15(8-6-13)21(23)24/h2-12H,1H3. The number of hydrogen-bond donors (Lipinski definition) is 0. The summed E-state index contributed by atoms with van der Waals surface area (Å²) in [4.78, 5) is 24.8. The second-order valence-corrected chi connectivity index (χ2v) is 7.12. The van der Waals surface area contributed by atoms with Crippen LogP contribution in [0.3, 0.4) is 0 Å². The smallest absolute Gasteiger partial charge is 0.270 e. The minimum absolute atomic E-state index is 0.0347. The molecule has 27 heavy (non-hydrogen) atoms. The van der Waals surface area contributed by atoms with Gasteiger partial charge in [0, 0.05) is 12.1 Å². The number of hydrogen-bond acceptors (Lipinski definition) is 6. The summed E-state index contributed by atoms with van der Waals surface area (Å²) in [5.41, 5.74) is 1.51. The highest BCUT2D eigenvalue weighted by Gasteiger charge is 2.32. The average molecular weight is 398 g/mol. The summed E-state index contributed by atoms with van der Waals surface area (Å²) < 4.78 is 5.58. The molecule has 1 fully saturated rings. The number of carbonyl (C=O) groups excluding carboxylic acids is 1. The lowest BCUT2D eigenvalue weighted by molar-refractivity contribution is -0.384. The fourth-order valence-corrected chi connectivity index (χ4v) is 3.64. The number of allylic oxidation sites excluding steroid dienone is 2. The Hall–Kier alpha value is -2.97. The fourth-order valence-electron chi connectivity index (χ4n) is 2.39. The van der Waals surface area contributed by atoms with Crippen LogP contribution in [0.15, 0.2) is 65.6 Å². The van der Waals surface area contributed by atoms with Gasteiger partial charge in [-0.3, -0.25) is 19.8 Å². The molecule has 0 aromatic heterocycles. The third kappa shape index (κ3) is 4.24. The summed E-state index contributed by atoms with van der Waals surface area (Å²) in [5, 5.41) is 10.7. The number of methoxy groups -OCH3 is 1. The number of carbonyl (C=O) groups is 1. The Kier molecular flexibility index (Phi) is 5.68. The number of nitro groups is 1. The predicted molar refractivity (Wildman–Crippen MR) is 111 cm³/mol. The van der Waals surface area contributed by atoms with Gasteiger partial charge >= 0.3 is 0 Å². The third-order valence-corrected chi connectivity index (χ3v) is 5.08. The number of anilines is 1. The van der Waals surface area contributed by atoms with Crippen LogP contribution in [0.4, 0.5) is 11.4 Å². The predicted octanol–water partition coefficient (Wildman–Crippen LogP) is 4.57. The number of nitro benzene ring substituents is 1. The highest BCUT2D eigenvalue weighted by atomic mass is 32.2. The number of nitrogens with zero attached hydrogens (tertiary/aromatic N) is 2. The molecule has 0 atom stereocenters. The number of thiocarbonyl (C=S) groups is 1. The third-order valence-electron chi connectivity index (χ3n) is 3.76. The van der Waals surface area contributed by atoms with Crippen molar-refractivity contribution in [2.45, 2.75) is 0 Å². The molecule has 1 amide bonds. The van der Waals surface area contributed by atoms with Crippen molar-refractivity contribution >= 4 is 51.7 Å². The van der Waals surface area contributed by atoms with E-state index in [0.29, 0.717) is 20.7 Å². The second-order valence-electron chi connectivity index (χ2n) is 5.45. The zero-order valence-electron chi connectivity index (χ0n) is 14.2. The van der Waals surface area contributed by atoms with Crippen molar-refractivity contribution in [1.82, 2.24) is 0 Å². The molecule has 3 rings (SSSR count). The van der Waals surface area contributed by atoms with E-state index in [9.17, 15) is 14.9 Å². The number of rotatable bonds is 5. The van der Waals surface area contributed by atoms with Crippen LogP contribution < -0.4 is 9.64 Å². The first kappa shape index (κ1) is 18.8. The highest BCUT2D eigenvalue weighted by Crippen LogP contribution is 2.35. The first-order chi connectivity index (χ1) is 13.0. The van der Waals surface area contributed by atoms with Crippen molar-refractivity contribution < 1.29 is 14.5 Å².